The molecule has 1 saturated heterocycles. The standard InChI is InChI=1S/C27H38N6O3/c1-4-5-16-32-25-24(26(35)30-27(32)36)33(18-19(2)3)22(29-25)10-11-23(34)31-17-8-6-7-9-21(31)20-12-14-28-15-13-20/h12-15,19,21H,4-11,16-18H2,1-3H3,(H,30,35,36). The van der Waals surface area contributed by atoms with Crippen LogP contribution in [0.2, 0.25) is 0 Å². The summed E-state index contributed by atoms with van der Waals surface area (Å²) in [7, 11) is 0. The van der Waals surface area contributed by atoms with E-state index in [1.165, 1.54) is 0 Å². The number of likely N-dealkylation sites (tertiary alicyclic amines) is 1. The van der Waals surface area contributed by atoms with E-state index in [1.54, 1.807) is 17.0 Å². The van der Waals surface area contributed by atoms with E-state index in [0.29, 0.717) is 42.9 Å². The van der Waals surface area contributed by atoms with E-state index in [2.05, 4.69) is 30.7 Å². The topological polar surface area (TPSA) is 106 Å². The molecule has 3 aromatic rings. The smallest absolute Gasteiger partial charge is 0.330 e. The van der Waals surface area contributed by atoms with Gasteiger partial charge in [0, 0.05) is 44.9 Å². The van der Waals surface area contributed by atoms with Crippen molar-refractivity contribution in [2.45, 2.75) is 91.3 Å². The zero-order chi connectivity index (χ0) is 25.7. The van der Waals surface area contributed by atoms with Crippen LogP contribution >= 0.6 is 0 Å². The molecule has 1 fully saturated rings. The largest absolute Gasteiger partial charge is 0.336 e. The summed E-state index contributed by atoms with van der Waals surface area (Å²) in [5.74, 6) is 1.05. The third-order valence-electron chi connectivity index (χ3n) is 6.97. The lowest BCUT2D eigenvalue weighted by Gasteiger charge is -2.30. The van der Waals surface area contributed by atoms with E-state index in [9.17, 15) is 14.4 Å². The first-order valence-corrected chi connectivity index (χ1v) is 13.3. The molecule has 4 heterocycles. The number of aryl methyl sites for hydroxylation is 2. The first-order chi connectivity index (χ1) is 17.4. The molecule has 0 spiro atoms. The Hall–Kier alpha value is -3.23. The van der Waals surface area contributed by atoms with E-state index >= 15 is 0 Å². The maximum atomic E-state index is 13.5. The number of hydrogen-bond acceptors (Lipinski definition) is 5. The van der Waals surface area contributed by atoms with Gasteiger partial charge in [-0.25, -0.2) is 9.78 Å². The van der Waals surface area contributed by atoms with Gasteiger partial charge < -0.3 is 9.47 Å². The van der Waals surface area contributed by atoms with Gasteiger partial charge in [-0.05, 0) is 42.9 Å². The number of aromatic amines is 1. The van der Waals surface area contributed by atoms with Crippen LogP contribution in [0.15, 0.2) is 34.1 Å². The average molecular weight is 495 g/mol. The molecule has 194 valence electrons. The third-order valence-corrected chi connectivity index (χ3v) is 6.97. The number of amides is 1. The fourth-order valence-corrected chi connectivity index (χ4v) is 5.20. The quantitative estimate of drug-likeness (QED) is 0.487. The van der Waals surface area contributed by atoms with Gasteiger partial charge in [0.2, 0.25) is 5.91 Å². The highest BCUT2D eigenvalue weighted by Gasteiger charge is 2.27. The number of aromatic nitrogens is 5. The second-order valence-corrected chi connectivity index (χ2v) is 10.2. The van der Waals surface area contributed by atoms with E-state index in [-0.39, 0.29) is 17.9 Å². The molecule has 1 unspecified atom stereocenters. The van der Waals surface area contributed by atoms with Gasteiger partial charge in [0.05, 0.1) is 6.04 Å². The minimum atomic E-state index is -0.428. The summed E-state index contributed by atoms with van der Waals surface area (Å²) in [6.07, 6.45) is 10.2. The summed E-state index contributed by atoms with van der Waals surface area (Å²) >= 11 is 0. The number of fused-ring (bicyclic) bond motifs is 1. The SMILES string of the molecule is CCCCn1c(=O)[nH]c(=O)c2c1nc(CCC(=O)N1CCCCCC1c1ccncc1)n2CC(C)C. The Labute approximate surface area is 211 Å². The number of nitrogens with one attached hydrogen (secondary N) is 1. The van der Waals surface area contributed by atoms with Crippen molar-refractivity contribution in [2.75, 3.05) is 6.54 Å². The summed E-state index contributed by atoms with van der Waals surface area (Å²) in [4.78, 5) is 52.4. The molecule has 36 heavy (non-hydrogen) atoms. The number of nitrogens with zero attached hydrogens (tertiary/aromatic N) is 5. The molecule has 3 aromatic heterocycles. The molecular formula is C27H38N6O3. The number of rotatable bonds is 9. The number of hydrogen-bond donors (Lipinski definition) is 1. The minimum absolute atomic E-state index is 0.0551. The van der Waals surface area contributed by atoms with Crippen LogP contribution in [-0.4, -0.2) is 41.4 Å². The molecule has 4 rings (SSSR count). The van der Waals surface area contributed by atoms with Crippen LogP contribution in [0.4, 0.5) is 0 Å². The molecule has 1 atom stereocenters. The second-order valence-electron chi connectivity index (χ2n) is 10.2. The van der Waals surface area contributed by atoms with E-state index in [4.69, 9.17) is 4.98 Å². The lowest BCUT2D eigenvalue weighted by molar-refractivity contribution is -0.133. The van der Waals surface area contributed by atoms with Crippen molar-refractivity contribution < 1.29 is 4.79 Å². The van der Waals surface area contributed by atoms with Gasteiger partial charge >= 0.3 is 5.69 Å². The molecule has 0 bridgehead atoms. The van der Waals surface area contributed by atoms with Gasteiger partial charge in [-0.3, -0.25) is 24.1 Å². The third kappa shape index (κ3) is 5.60. The summed E-state index contributed by atoms with van der Waals surface area (Å²) < 4.78 is 3.48. The van der Waals surface area contributed by atoms with Crippen molar-refractivity contribution in [1.82, 2.24) is 29.0 Å². The summed E-state index contributed by atoms with van der Waals surface area (Å²) in [5.41, 5.74) is 1.12. The lowest BCUT2D eigenvalue weighted by atomic mass is 10.0. The highest BCUT2D eigenvalue weighted by atomic mass is 16.2. The maximum absolute atomic E-state index is 13.5. The fraction of sp³-hybridized carbons (Fsp3) is 0.593. The molecule has 0 aliphatic carbocycles. The van der Waals surface area contributed by atoms with Crippen molar-refractivity contribution in [1.29, 1.82) is 0 Å². The van der Waals surface area contributed by atoms with Gasteiger partial charge in [-0.15, -0.1) is 0 Å². The van der Waals surface area contributed by atoms with Gasteiger partial charge in [-0.2, -0.15) is 0 Å². The minimum Gasteiger partial charge on any atom is -0.336 e. The van der Waals surface area contributed by atoms with Crippen LogP contribution in [0.3, 0.4) is 0 Å². The van der Waals surface area contributed by atoms with Gasteiger partial charge in [-0.1, -0.05) is 40.0 Å². The van der Waals surface area contributed by atoms with Crippen LogP contribution in [0.1, 0.15) is 83.1 Å². The number of carbonyl (C=O) groups is 1. The Kier molecular flexibility index (Phi) is 8.38. The molecular weight excluding hydrogens is 456 g/mol. The maximum Gasteiger partial charge on any atom is 0.330 e. The Morgan fingerprint density at radius 2 is 1.92 bits per heavy atom. The molecule has 1 amide bonds. The molecule has 1 aliphatic rings. The van der Waals surface area contributed by atoms with Crippen molar-refractivity contribution in [3.05, 3.63) is 56.8 Å². The van der Waals surface area contributed by atoms with Crippen LogP contribution in [0, 0.1) is 5.92 Å². The lowest BCUT2D eigenvalue weighted by Crippen LogP contribution is -2.35. The van der Waals surface area contributed by atoms with Crippen LogP contribution in [0.5, 0.6) is 0 Å². The zero-order valence-electron chi connectivity index (χ0n) is 21.7. The number of imidazole rings is 1. The predicted molar refractivity (Wildman–Crippen MR) is 140 cm³/mol. The predicted octanol–water partition coefficient (Wildman–Crippen LogP) is 3.81. The van der Waals surface area contributed by atoms with Gasteiger partial charge in [0.25, 0.3) is 5.56 Å². The van der Waals surface area contributed by atoms with E-state index in [1.807, 2.05) is 21.6 Å². The van der Waals surface area contributed by atoms with Crippen molar-refractivity contribution in [2.24, 2.45) is 5.92 Å². The molecule has 1 N–H and O–H groups in total. The molecule has 0 aromatic carbocycles. The highest BCUT2D eigenvalue weighted by molar-refractivity contribution is 5.77. The first-order valence-electron chi connectivity index (χ1n) is 13.3. The first kappa shape index (κ1) is 25.9. The molecule has 0 saturated carbocycles. The number of carbonyl (C=O) groups excluding carboxylic acids is 1. The highest BCUT2D eigenvalue weighted by Crippen LogP contribution is 2.30. The Bertz CT molecular complexity index is 1290. The molecule has 1 aliphatic heterocycles. The molecule has 0 radical (unpaired) electrons. The van der Waals surface area contributed by atoms with Gasteiger partial charge in [0.1, 0.15) is 5.82 Å². The Morgan fingerprint density at radius 3 is 2.64 bits per heavy atom. The average Bonchev–Trinajstić information content (AvgIpc) is 3.03. The molecule has 9 heteroatoms. The second kappa shape index (κ2) is 11.7. The normalized spacial score (nSPS) is 16.6. The Balaban J connectivity index is 1.65. The van der Waals surface area contributed by atoms with Crippen molar-refractivity contribution in [3.63, 3.8) is 0 Å². The zero-order valence-corrected chi connectivity index (χ0v) is 21.7. The van der Waals surface area contributed by atoms with E-state index in [0.717, 1.165) is 50.6 Å². The summed E-state index contributed by atoms with van der Waals surface area (Å²) in [6.45, 7) is 8.06. The number of H-pyrrole nitrogens is 1. The van der Waals surface area contributed by atoms with Crippen molar-refractivity contribution in [3.8, 4) is 0 Å². The van der Waals surface area contributed by atoms with Crippen molar-refractivity contribution >= 4 is 17.1 Å². The fourth-order valence-electron chi connectivity index (χ4n) is 5.20. The summed E-state index contributed by atoms with van der Waals surface area (Å²) in [5, 5.41) is 0. The van der Waals surface area contributed by atoms with Crippen LogP contribution < -0.4 is 11.2 Å². The number of pyridine rings is 1. The monoisotopic (exact) mass is 494 g/mol. The van der Waals surface area contributed by atoms with Crippen LogP contribution in [-0.2, 0) is 24.3 Å². The Morgan fingerprint density at radius 1 is 1.14 bits per heavy atom. The van der Waals surface area contributed by atoms with Gasteiger partial charge in [0.15, 0.2) is 11.2 Å². The van der Waals surface area contributed by atoms with E-state index < -0.39 is 11.2 Å². The molecule has 9 nitrogen and oxygen atoms in total. The van der Waals surface area contributed by atoms with Crippen LogP contribution in [0.25, 0.3) is 11.2 Å². The number of unbranched alkanes of at least 4 members (excludes halogenated alkanes) is 1. The summed E-state index contributed by atoms with van der Waals surface area (Å²) in [6, 6.07) is 4.06.